The average molecular weight is 419 g/mol. The number of nitrogens with zero attached hydrogens (tertiary/aromatic N) is 3. The van der Waals surface area contributed by atoms with Gasteiger partial charge < -0.3 is 14.8 Å². The maximum Gasteiger partial charge on any atom is 0.0802 e. The molecule has 0 unspecified atom stereocenters. The minimum absolute atomic E-state index is 0.194. The van der Waals surface area contributed by atoms with Crippen molar-refractivity contribution in [2.75, 3.05) is 54.1 Å². The summed E-state index contributed by atoms with van der Waals surface area (Å²) in [4.78, 5) is 2.41. The highest BCUT2D eigenvalue weighted by molar-refractivity contribution is 5.35. The highest BCUT2D eigenvalue weighted by atomic mass is 16.5. The molecular formula is C24H42N4O2. The number of hydrogen-bond donors (Lipinski definition) is 1. The van der Waals surface area contributed by atoms with Gasteiger partial charge in [-0.05, 0) is 77.3 Å². The molecule has 0 amide bonds. The van der Waals surface area contributed by atoms with E-state index in [9.17, 15) is 0 Å². The standard InChI is InChI=1S/C24H42N4O2/c1-5-30-18-24(17-29-4)8-6-19(7-9-24)22-20(15-27(3)13-12-25-2)26-28-16-23(10-11-23)14-21(22)28/h19,25H,5-18H2,1-4H3. The van der Waals surface area contributed by atoms with Crippen LogP contribution in [0, 0.1) is 10.8 Å². The summed E-state index contributed by atoms with van der Waals surface area (Å²) in [5.74, 6) is 0.641. The van der Waals surface area contributed by atoms with Gasteiger partial charge in [-0.2, -0.15) is 5.10 Å². The molecule has 2 fully saturated rings. The zero-order valence-electron chi connectivity index (χ0n) is 19.6. The predicted octanol–water partition coefficient (Wildman–Crippen LogP) is 3.20. The van der Waals surface area contributed by atoms with E-state index >= 15 is 0 Å². The second-order valence-corrected chi connectivity index (χ2v) is 10.3. The van der Waals surface area contributed by atoms with Crippen LogP contribution in [0.5, 0.6) is 0 Å². The molecule has 1 N–H and O–H groups in total. The SMILES string of the molecule is CCOCC1(COC)CCC(c2c(CN(C)CCNC)nn3c2CC2(CC2)C3)CC1. The van der Waals surface area contributed by atoms with E-state index < -0.39 is 0 Å². The molecule has 0 bridgehead atoms. The molecule has 6 heteroatoms. The third-order valence-electron chi connectivity index (χ3n) is 7.84. The summed E-state index contributed by atoms with van der Waals surface area (Å²) < 4.78 is 13.9. The summed E-state index contributed by atoms with van der Waals surface area (Å²) in [5.41, 5.74) is 5.28. The second-order valence-electron chi connectivity index (χ2n) is 10.3. The van der Waals surface area contributed by atoms with Crippen molar-refractivity contribution < 1.29 is 9.47 Å². The predicted molar refractivity (Wildman–Crippen MR) is 120 cm³/mol. The molecule has 2 saturated carbocycles. The lowest BCUT2D eigenvalue weighted by Gasteiger charge is -2.40. The first-order chi connectivity index (χ1) is 14.5. The summed E-state index contributed by atoms with van der Waals surface area (Å²) in [6, 6.07) is 0. The second kappa shape index (κ2) is 9.27. The van der Waals surface area contributed by atoms with Gasteiger partial charge in [0.25, 0.3) is 0 Å². The number of fused-ring (bicyclic) bond motifs is 1. The smallest absolute Gasteiger partial charge is 0.0802 e. The van der Waals surface area contributed by atoms with E-state index in [1.54, 1.807) is 11.3 Å². The van der Waals surface area contributed by atoms with Crippen molar-refractivity contribution in [1.29, 1.82) is 0 Å². The van der Waals surface area contributed by atoms with Crippen LogP contribution in [0.15, 0.2) is 0 Å². The molecule has 0 atom stereocenters. The molecule has 1 aromatic rings. The van der Waals surface area contributed by atoms with Gasteiger partial charge >= 0.3 is 0 Å². The summed E-state index contributed by atoms with van der Waals surface area (Å²) in [6.45, 7) is 8.71. The Bertz CT molecular complexity index is 704. The first kappa shape index (κ1) is 22.3. The number of methoxy groups -OCH3 is 1. The molecule has 2 aliphatic carbocycles. The van der Waals surface area contributed by atoms with Crippen LogP contribution >= 0.6 is 0 Å². The first-order valence-corrected chi connectivity index (χ1v) is 12.0. The van der Waals surface area contributed by atoms with Crippen LogP contribution in [0.2, 0.25) is 0 Å². The summed E-state index contributed by atoms with van der Waals surface area (Å²) in [6.07, 6.45) is 8.89. The summed E-state index contributed by atoms with van der Waals surface area (Å²) in [5, 5.41) is 8.44. The minimum Gasteiger partial charge on any atom is -0.384 e. The fourth-order valence-corrected chi connectivity index (χ4v) is 5.82. The van der Waals surface area contributed by atoms with Gasteiger partial charge in [0.2, 0.25) is 0 Å². The lowest BCUT2D eigenvalue weighted by atomic mass is 9.69. The quantitative estimate of drug-likeness (QED) is 0.598. The van der Waals surface area contributed by atoms with E-state index in [0.717, 1.165) is 46.0 Å². The van der Waals surface area contributed by atoms with Crippen LogP contribution in [0.3, 0.4) is 0 Å². The van der Waals surface area contributed by atoms with E-state index in [2.05, 4.69) is 28.9 Å². The van der Waals surface area contributed by atoms with E-state index in [-0.39, 0.29) is 5.41 Å². The van der Waals surface area contributed by atoms with E-state index in [1.165, 1.54) is 50.6 Å². The highest BCUT2D eigenvalue weighted by Crippen LogP contribution is 2.55. The molecule has 1 spiro atoms. The zero-order valence-corrected chi connectivity index (χ0v) is 19.6. The Morgan fingerprint density at radius 1 is 1.20 bits per heavy atom. The number of nitrogens with one attached hydrogen (secondary N) is 1. The Morgan fingerprint density at radius 3 is 2.60 bits per heavy atom. The maximum atomic E-state index is 5.87. The van der Waals surface area contributed by atoms with Crippen LogP contribution in [-0.2, 0) is 29.0 Å². The van der Waals surface area contributed by atoms with E-state index in [0.29, 0.717) is 11.3 Å². The Kier molecular flexibility index (Phi) is 6.88. The Labute approximate surface area is 182 Å². The lowest BCUT2D eigenvalue weighted by molar-refractivity contribution is -0.0291. The molecule has 1 aliphatic heterocycles. The molecule has 0 radical (unpaired) electrons. The largest absolute Gasteiger partial charge is 0.384 e. The molecular weight excluding hydrogens is 376 g/mol. The third-order valence-corrected chi connectivity index (χ3v) is 7.84. The van der Waals surface area contributed by atoms with Crippen LogP contribution in [0.25, 0.3) is 0 Å². The molecule has 170 valence electrons. The van der Waals surface area contributed by atoms with Gasteiger partial charge in [-0.3, -0.25) is 9.58 Å². The van der Waals surface area contributed by atoms with Crippen LogP contribution in [0.1, 0.15) is 68.3 Å². The molecule has 0 aromatic carbocycles. The fourth-order valence-electron chi connectivity index (χ4n) is 5.82. The van der Waals surface area contributed by atoms with Crippen molar-refractivity contribution >= 4 is 0 Å². The number of hydrogen-bond acceptors (Lipinski definition) is 5. The van der Waals surface area contributed by atoms with Crippen LogP contribution in [-0.4, -0.2) is 68.8 Å². The van der Waals surface area contributed by atoms with Gasteiger partial charge in [0.15, 0.2) is 0 Å². The molecule has 0 saturated heterocycles. The Hall–Kier alpha value is -0.950. The molecule has 4 rings (SSSR count). The number of aromatic nitrogens is 2. The van der Waals surface area contributed by atoms with Gasteiger partial charge in [0.1, 0.15) is 0 Å². The molecule has 30 heavy (non-hydrogen) atoms. The zero-order chi connectivity index (χ0) is 21.2. The Morgan fingerprint density at radius 2 is 1.97 bits per heavy atom. The highest BCUT2D eigenvalue weighted by Gasteiger charge is 2.50. The van der Waals surface area contributed by atoms with Crippen molar-refractivity contribution in [2.45, 2.75) is 70.9 Å². The summed E-state index contributed by atoms with van der Waals surface area (Å²) in [7, 11) is 6.08. The van der Waals surface area contributed by atoms with Gasteiger partial charge in [-0.25, -0.2) is 0 Å². The molecule has 1 aromatic heterocycles. The van der Waals surface area contributed by atoms with Gasteiger partial charge in [-0.15, -0.1) is 0 Å². The van der Waals surface area contributed by atoms with Gasteiger partial charge in [0, 0.05) is 56.6 Å². The van der Waals surface area contributed by atoms with Crippen molar-refractivity contribution in [1.82, 2.24) is 20.0 Å². The van der Waals surface area contributed by atoms with E-state index in [4.69, 9.17) is 14.6 Å². The number of ether oxygens (including phenoxy) is 2. The average Bonchev–Trinajstić information content (AvgIpc) is 3.29. The molecule has 6 nitrogen and oxygen atoms in total. The normalized spacial score (nSPS) is 27.2. The minimum atomic E-state index is 0.194. The summed E-state index contributed by atoms with van der Waals surface area (Å²) >= 11 is 0. The number of rotatable bonds is 11. The van der Waals surface area contributed by atoms with Crippen molar-refractivity contribution in [3.05, 3.63) is 17.0 Å². The van der Waals surface area contributed by atoms with Gasteiger partial charge in [-0.1, -0.05) is 0 Å². The van der Waals surface area contributed by atoms with Crippen LogP contribution < -0.4 is 5.32 Å². The van der Waals surface area contributed by atoms with Crippen molar-refractivity contribution in [3.63, 3.8) is 0 Å². The number of likely N-dealkylation sites (N-methyl/N-ethyl adjacent to an activating group) is 2. The maximum absolute atomic E-state index is 5.87. The monoisotopic (exact) mass is 418 g/mol. The van der Waals surface area contributed by atoms with E-state index in [1.807, 2.05) is 14.2 Å². The third kappa shape index (κ3) is 4.62. The van der Waals surface area contributed by atoms with Crippen molar-refractivity contribution in [2.24, 2.45) is 10.8 Å². The van der Waals surface area contributed by atoms with Crippen molar-refractivity contribution in [3.8, 4) is 0 Å². The lowest BCUT2D eigenvalue weighted by Crippen LogP contribution is -2.36. The van der Waals surface area contributed by atoms with Crippen LogP contribution in [0.4, 0.5) is 0 Å². The fraction of sp³-hybridized carbons (Fsp3) is 0.875. The first-order valence-electron chi connectivity index (χ1n) is 12.0. The van der Waals surface area contributed by atoms with Gasteiger partial charge in [0.05, 0.1) is 18.9 Å². The molecule has 2 heterocycles. The topological polar surface area (TPSA) is 51.6 Å². The Balaban J connectivity index is 1.51. The molecule has 3 aliphatic rings.